The average Bonchev–Trinajstić information content (AvgIpc) is 2.40. The summed E-state index contributed by atoms with van der Waals surface area (Å²) in [6, 6.07) is 12.8. The van der Waals surface area contributed by atoms with Crippen molar-refractivity contribution in [2.24, 2.45) is 11.5 Å². The minimum atomic E-state index is -0.449. The first-order valence-corrected chi connectivity index (χ1v) is 7.97. The van der Waals surface area contributed by atoms with Gasteiger partial charge < -0.3 is 16.2 Å². The normalized spacial score (nSPS) is 11.3. The van der Waals surface area contributed by atoms with Crippen LogP contribution in [0.2, 0.25) is 0 Å². The summed E-state index contributed by atoms with van der Waals surface area (Å²) < 4.78 is 6.85. The number of carbonyl (C=O) groups is 1. The van der Waals surface area contributed by atoms with Gasteiger partial charge in [-0.15, -0.1) is 0 Å². The van der Waals surface area contributed by atoms with Crippen molar-refractivity contribution in [2.45, 2.75) is 25.8 Å². The van der Waals surface area contributed by atoms with Crippen molar-refractivity contribution in [3.63, 3.8) is 0 Å². The molecule has 0 heterocycles. The van der Waals surface area contributed by atoms with Crippen LogP contribution in [0.3, 0.4) is 0 Å². The zero-order valence-electron chi connectivity index (χ0n) is 12.6. The maximum atomic E-state index is 11.0. The lowest BCUT2D eigenvalue weighted by atomic mass is 9.96. The number of hydrogen-bond acceptors (Lipinski definition) is 3. The third-order valence-corrected chi connectivity index (χ3v) is 3.87. The Balaban J connectivity index is 2.14. The molecule has 0 aliphatic rings. The molecule has 22 heavy (non-hydrogen) atoms. The predicted octanol–water partition coefficient (Wildman–Crippen LogP) is 3.46. The van der Waals surface area contributed by atoms with Crippen molar-refractivity contribution < 1.29 is 9.53 Å². The predicted molar refractivity (Wildman–Crippen MR) is 96.2 cm³/mol. The second-order valence-electron chi connectivity index (χ2n) is 5.92. The molecule has 0 fully saturated rings. The van der Waals surface area contributed by atoms with E-state index >= 15 is 0 Å². The molecule has 4 nitrogen and oxygen atoms in total. The van der Waals surface area contributed by atoms with E-state index in [1.807, 2.05) is 26.0 Å². The van der Waals surface area contributed by atoms with Crippen molar-refractivity contribution in [3.05, 3.63) is 57.2 Å². The fraction of sp³-hybridized carbons (Fsp3) is 0.235. The second kappa shape index (κ2) is 6.66. The van der Waals surface area contributed by atoms with Crippen LogP contribution in [0, 0.1) is 3.57 Å². The van der Waals surface area contributed by atoms with Crippen molar-refractivity contribution >= 4 is 28.5 Å². The summed E-state index contributed by atoms with van der Waals surface area (Å²) in [5, 5.41) is 0. The van der Waals surface area contributed by atoms with Crippen molar-refractivity contribution in [2.75, 3.05) is 0 Å². The Labute approximate surface area is 144 Å². The van der Waals surface area contributed by atoms with Gasteiger partial charge in [0.2, 0.25) is 5.91 Å². The van der Waals surface area contributed by atoms with Crippen LogP contribution in [0.15, 0.2) is 42.5 Å². The van der Waals surface area contributed by atoms with Gasteiger partial charge in [0, 0.05) is 11.1 Å². The van der Waals surface area contributed by atoms with Crippen LogP contribution >= 0.6 is 22.6 Å². The molecule has 2 aromatic rings. The zero-order chi connectivity index (χ0) is 16.3. The molecule has 0 bridgehead atoms. The number of benzene rings is 2. The summed E-state index contributed by atoms with van der Waals surface area (Å²) >= 11 is 2.24. The van der Waals surface area contributed by atoms with Gasteiger partial charge >= 0.3 is 0 Å². The van der Waals surface area contributed by atoms with Gasteiger partial charge in [0.05, 0.1) is 3.57 Å². The molecule has 2 rings (SSSR count). The minimum absolute atomic E-state index is 0.240. The van der Waals surface area contributed by atoms with Crippen molar-refractivity contribution in [3.8, 4) is 11.5 Å². The zero-order valence-corrected chi connectivity index (χ0v) is 14.8. The first kappa shape index (κ1) is 16.8. The molecule has 0 spiro atoms. The van der Waals surface area contributed by atoms with Crippen LogP contribution in [-0.4, -0.2) is 11.4 Å². The summed E-state index contributed by atoms with van der Waals surface area (Å²) in [5.74, 6) is 0.982. The standard InChI is InChI=1S/C17H19IN2O2/c1-17(2,20)10-11-3-8-15(14(18)9-11)22-13-6-4-12(5-7-13)16(19)21/h3-9H,10,20H2,1-2H3,(H2,19,21). The third-order valence-electron chi connectivity index (χ3n) is 3.02. The fourth-order valence-electron chi connectivity index (χ4n) is 2.08. The van der Waals surface area contributed by atoms with Gasteiger partial charge in [-0.1, -0.05) is 6.07 Å². The van der Waals surface area contributed by atoms with E-state index in [1.165, 1.54) is 5.56 Å². The molecule has 0 aromatic heterocycles. The Hall–Kier alpha value is -1.60. The lowest BCUT2D eigenvalue weighted by Gasteiger charge is -2.19. The van der Waals surface area contributed by atoms with E-state index < -0.39 is 5.91 Å². The molecule has 5 heteroatoms. The van der Waals surface area contributed by atoms with Crippen molar-refractivity contribution in [1.29, 1.82) is 0 Å². The second-order valence-corrected chi connectivity index (χ2v) is 7.08. The highest BCUT2D eigenvalue weighted by Crippen LogP contribution is 2.28. The number of rotatable bonds is 5. The molecule has 0 saturated carbocycles. The van der Waals surface area contributed by atoms with Crippen molar-refractivity contribution in [1.82, 2.24) is 0 Å². The lowest BCUT2D eigenvalue weighted by Crippen LogP contribution is -2.34. The quantitative estimate of drug-likeness (QED) is 0.742. The number of carbonyl (C=O) groups excluding carboxylic acids is 1. The Kier molecular flexibility index (Phi) is 5.08. The number of ether oxygens (including phenoxy) is 1. The molecule has 0 unspecified atom stereocenters. The van der Waals surface area contributed by atoms with Crippen LogP contribution in [0.5, 0.6) is 11.5 Å². The van der Waals surface area contributed by atoms with E-state index in [4.69, 9.17) is 16.2 Å². The van der Waals surface area contributed by atoms with Gasteiger partial charge in [-0.3, -0.25) is 4.79 Å². The monoisotopic (exact) mass is 410 g/mol. The first-order valence-electron chi connectivity index (χ1n) is 6.90. The van der Waals surface area contributed by atoms with E-state index in [9.17, 15) is 4.79 Å². The van der Waals surface area contributed by atoms with Gasteiger partial charge in [-0.05, 0) is 84.8 Å². The highest BCUT2D eigenvalue weighted by atomic mass is 127. The topological polar surface area (TPSA) is 78.3 Å². The lowest BCUT2D eigenvalue weighted by molar-refractivity contribution is 0.100. The minimum Gasteiger partial charge on any atom is -0.456 e. The number of nitrogens with two attached hydrogens (primary N) is 2. The Morgan fingerprint density at radius 2 is 1.82 bits per heavy atom. The molecule has 0 aliphatic carbocycles. The number of hydrogen-bond donors (Lipinski definition) is 2. The van der Waals surface area contributed by atoms with E-state index in [0.717, 1.165) is 15.7 Å². The molecule has 2 aromatic carbocycles. The van der Waals surface area contributed by atoms with Crippen LogP contribution < -0.4 is 16.2 Å². The molecule has 0 saturated heterocycles. The van der Waals surface area contributed by atoms with Crippen LogP contribution in [0.4, 0.5) is 0 Å². The van der Waals surface area contributed by atoms with Gasteiger partial charge in [0.1, 0.15) is 11.5 Å². The summed E-state index contributed by atoms with van der Waals surface area (Å²) in [5.41, 5.74) is 12.7. The van der Waals surface area contributed by atoms with Crippen LogP contribution in [-0.2, 0) is 6.42 Å². The highest BCUT2D eigenvalue weighted by Gasteiger charge is 2.13. The molecule has 0 radical (unpaired) electrons. The van der Waals surface area contributed by atoms with Crippen LogP contribution in [0.25, 0.3) is 0 Å². The summed E-state index contributed by atoms with van der Waals surface area (Å²) in [6.45, 7) is 4.01. The van der Waals surface area contributed by atoms with Gasteiger partial charge in [0.25, 0.3) is 0 Å². The maximum absolute atomic E-state index is 11.0. The van der Waals surface area contributed by atoms with E-state index in [1.54, 1.807) is 24.3 Å². The largest absolute Gasteiger partial charge is 0.456 e. The Morgan fingerprint density at radius 1 is 1.18 bits per heavy atom. The number of amides is 1. The van der Waals surface area contributed by atoms with Gasteiger partial charge in [-0.25, -0.2) is 0 Å². The maximum Gasteiger partial charge on any atom is 0.248 e. The molecule has 4 N–H and O–H groups in total. The van der Waals surface area contributed by atoms with Gasteiger partial charge in [-0.2, -0.15) is 0 Å². The van der Waals surface area contributed by atoms with E-state index in [0.29, 0.717) is 11.3 Å². The SMILES string of the molecule is CC(C)(N)Cc1ccc(Oc2ccc(C(N)=O)cc2)c(I)c1. The highest BCUT2D eigenvalue weighted by molar-refractivity contribution is 14.1. The molecular weight excluding hydrogens is 391 g/mol. The average molecular weight is 410 g/mol. The molecule has 1 amide bonds. The molecule has 116 valence electrons. The molecular formula is C17H19IN2O2. The Morgan fingerprint density at radius 3 is 2.32 bits per heavy atom. The van der Waals surface area contributed by atoms with E-state index in [2.05, 4.69) is 28.7 Å². The molecule has 0 atom stereocenters. The third kappa shape index (κ3) is 4.71. The molecule has 0 aliphatic heterocycles. The Bertz CT molecular complexity index is 676. The summed E-state index contributed by atoms with van der Waals surface area (Å²) in [7, 11) is 0. The van der Waals surface area contributed by atoms with Gasteiger partial charge in [0.15, 0.2) is 0 Å². The summed E-state index contributed by atoms with van der Waals surface area (Å²) in [6.07, 6.45) is 0.802. The fourth-order valence-corrected chi connectivity index (χ4v) is 2.77. The number of halogens is 1. The van der Waals surface area contributed by atoms with E-state index in [-0.39, 0.29) is 5.54 Å². The first-order chi connectivity index (χ1) is 10.2. The summed E-state index contributed by atoms with van der Waals surface area (Å²) in [4.78, 5) is 11.0. The van der Waals surface area contributed by atoms with Crippen LogP contribution in [0.1, 0.15) is 29.8 Å². The smallest absolute Gasteiger partial charge is 0.248 e. The number of primary amides is 1.